The largest absolute Gasteiger partial charge is 0.496 e. The van der Waals surface area contributed by atoms with Crippen molar-refractivity contribution in [2.45, 2.75) is 37.6 Å². The Labute approximate surface area is 102 Å². The van der Waals surface area contributed by atoms with Crippen molar-refractivity contribution in [2.75, 3.05) is 7.11 Å². The van der Waals surface area contributed by atoms with Gasteiger partial charge in [-0.1, -0.05) is 36.9 Å². The number of nitrogens with two attached hydrogens (primary N) is 1. The van der Waals surface area contributed by atoms with E-state index in [4.69, 9.17) is 22.1 Å². The van der Waals surface area contributed by atoms with Crippen molar-refractivity contribution >= 4 is 11.6 Å². The third-order valence-corrected chi connectivity index (χ3v) is 3.75. The predicted octanol–water partition coefficient (Wildman–Crippen LogP) is 3.47. The summed E-state index contributed by atoms with van der Waals surface area (Å²) >= 11 is 6.27. The predicted molar refractivity (Wildman–Crippen MR) is 67.0 cm³/mol. The number of hydrogen-bond acceptors (Lipinski definition) is 2. The van der Waals surface area contributed by atoms with Gasteiger partial charge in [0.2, 0.25) is 0 Å². The van der Waals surface area contributed by atoms with Crippen LogP contribution in [-0.4, -0.2) is 7.11 Å². The van der Waals surface area contributed by atoms with Crippen molar-refractivity contribution in [3.8, 4) is 5.75 Å². The molecule has 1 saturated carbocycles. The highest BCUT2D eigenvalue weighted by Gasteiger charge is 2.33. The lowest BCUT2D eigenvalue weighted by Gasteiger charge is -2.35. The highest BCUT2D eigenvalue weighted by molar-refractivity contribution is 6.31. The molecule has 1 aliphatic carbocycles. The molecule has 0 saturated heterocycles. The number of halogens is 1. The van der Waals surface area contributed by atoms with Gasteiger partial charge in [-0.25, -0.2) is 0 Å². The molecule has 0 unspecified atom stereocenters. The number of rotatable bonds is 2. The number of methoxy groups -OCH3 is 1. The van der Waals surface area contributed by atoms with Gasteiger partial charge in [0.25, 0.3) is 0 Å². The highest BCUT2D eigenvalue weighted by Crippen LogP contribution is 2.42. The second-order valence-electron chi connectivity index (χ2n) is 4.53. The lowest BCUT2D eigenvalue weighted by Crippen LogP contribution is -2.39. The van der Waals surface area contributed by atoms with Crippen LogP contribution in [-0.2, 0) is 5.54 Å². The maximum atomic E-state index is 6.49. The minimum absolute atomic E-state index is 0.304. The monoisotopic (exact) mass is 239 g/mol. The van der Waals surface area contributed by atoms with Gasteiger partial charge in [0.15, 0.2) is 0 Å². The normalized spacial score (nSPS) is 19.4. The molecule has 0 amide bonds. The van der Waals surface area contributed by atoms with Crippen molar-refractivity contribution < 1.29 is 4.74 Å². The van der Waals surface area contributed by atoms with Crippen molar-refractivity contribution in [3.05, 3.63) is 28.8 Å². The zero-order valence-corrected chi connectivity index (χ0v) is 10.4. The van der Waals surface area contributed by atoms with Crippen LogP contribution in [0.15, 0.2) is 18.2 Å². The molecule has 0 atom stereocenters. The van der Waals surface area contributed by atoms with Gasteiger partial charge in [-0.2, -0.15) is 0 Å². The van der Waals surface area contributed by atoms with Gasteiger partial charge in [-0.15, -0.1) is 0 Å². The van der Waals surface area contributed by atoms with Crippen molar-refractivity contribution in [1.82, 2.24) is 0 Å². The molecule has 0 bridgehead atoms. The summed E-state index contributed by atoms with van der Waals surface area (Å²) in [5.74, 6) is 0.817. The zero-order chi connectivity index (χ0) is 11.6. The van der Waals surface area contributed by atoms with Crippen LogP contribution in [0.3, 0.4) is 0 Å². The quantitative estimate of drug-likeness (QED) is 0.858. The molecule has 2 nitrogen and oxygen atoms in total. The average molecular weight is 240 g/mol. The van der Waals surface area contributed by atoms with E-state index in [1.54, 1.807) is 7.11 Å². The van der Waals surface area contributed by atoms with Crippen LogP contribution in [0.25, 0.3) is 0 Å². The fraction of sp³-hybridized carbons (Fsp3) is 0.538. The fourth-order valence-electron chi connectivity index (χ4n) is 2.59. The first kappa shape index (κ1) is 11.7. The number of hydrogen-bond donors (Lipinski definition) is 1. The van der Waals surface area contributed by atoms with E-state index in [1.165, 1.54) is 19.3 Å². The van der Waals surface area contributed by atoms with E-state index in [0.717, 1.165) is 29.2 Å². The molecule has 1 fully saturated rings. The lowest BCUT2D eigenvalue weighted by molar-refractivity contribution is 0.289. The maximum absolute atomic E-state index is 6.49. The van der Waals surface area contributed by atoms with Crippen molar-refractivity contribution in [1.29, 1.82) is 0 Å². The molecule has 0 heterocycles. The van der Waals surface area contributed by atoms with Crippen molar-refractivity contribution in [2.24, 2.45) is 5.73 Å². The molecular formula is C13H18ClNO. The SMILES string of the molecule is COc1cccc(Cl)c1C1(N)CCCCC1. The smallest absolute Gasteiger partial charge is 0.125 e. The average Bonchev–Trinajstić information content (AvgIpc) is 2.29. The topological polar surface area (TPSA) is 35.2 Å². The van der Waals surface area contributed by atoms with Gasteiger partial charge in [-0.05, 0) is 25.0 Å². The number of ether oxygens (including phenoxy) is 1. The Bertz CT molecular complexity index is 372. The second-order valence-corrected chi connectivity index (χ2v) is 4.94. The molecule has 1 aliphatic rings. The van der Waals surface area contributed by atoms with Gasteiger partial charge >= 0.3 is 0 Å². The van der Waals surface area contributed by atoms with Gasteiger partial charge in [0.1, 0.15) is 5.75 Å². The van der Waals surface area contributed by atoms with Crippen LogP contribution < -0.4 is 10.5 Å². The summed E-state index contributed by atoms with van der Waals surface area (Å²) < 4.78 is 5.38. The Balaban J connectivity index is 2.44. The lowest BCUT2D eigenvalue weighted by atomic mass is 9.77. The first-order chi connectivity index (χ1) is 7.67. The third-order valence-electron chi connectivity index (χ3n) is 3.44. The summed E-state index contributed by atoms with van der Waals surface area (Å²) in [5, 5.41) is 0.726. The Morgan fingerprint density at radius 3 is 2.56 bits per heavy atom. The third kappa shape index (κ3) is 2.04. The van der Waals surface area contributed by atoms with Crippen molar-refractivity contribution in [3.63, 3.8) is 0 Å². The minimum atomic E-state index is -0.304. The fourth-order valence-corrected chi connectivity index (χ4v) is 2.94. The molecule has 2 rings (SSSR count). The van der Waals surface area contributed by atoms with Crippen LogP contribution in [0, 0.1) is 0 Å². The zero-order valence-electron chi connectivity index (χ0n) is 9.63. The summed E-state index contributed by atoms with van der Waals surface area (Å²) in [6, 6.07) is 5.73. The molecule has 0 spiro atoms. The van der Waals surface area contributed by atoms with Gasteiger partial charge in [-0.3, -0.25) is 0 Å². The molecule has 16 heavy (non-hydrogen) atoms. The molecule has 0 aliphatic heterocycles. The minimum Gasteiger partial charge on any atom is -0.496 e. The standard InChI is InChI=1S/C13H18ClNO/c1-16-11-7-5-6-10(14)12(11)13(15)8-3-2-4-9-13/h5-7H,2-4,8-9,15H2,1H3. The van der Waals surface area contributed by atoms with E-state index in [9.17, 15) is 0 Å². The molecule has 1 aromatic carbocycles. The molecule has 0 radical (unpaired) electrons. The molecular weight excluding hydrogens is 222 g/mol. The summed E-state index contributed by atoms with van der Waals surface area (Å²) in [7, 11) is 1.67. The molecule has 0 aromatic heterocycles. The first-order valence-electron chi connectivity index (χ1n) is 5.79. The molecule has 3 heteroatoms. The van der Waals surface area contributed by atoms with Crippen LogP contribution >= 0.6 is 11.6 Å². The van der Waals surface area contributed by atoms with E-state index in [2.05, 4.69) is 0 Å². The molecule has 88 valence electrons. The Morgan fingerprint density at radius 2 is 1.94 bits per heavy atom. The van der Waals surface area contributed by atoms with E-state index >= 15 is 0 Å². The Morgan fingerprint density at radius 1 is 1.25 bits per heavy atom. The summed E-state index contributed by atoms with van der Waals surface area (Å²) in [5.41, 5.74) is 7.17. The van der Waals surface area contributed by atoms with E-state index in [-0.39, 0.29) is 5.54 Å². The second kappa shape index (κ2) is 4.64. The van der Waals surface area contributed by atoms with Crippen LogP contribution in [0.4, 0.5) is 0 Å². The van der Waals surface area contributed by atoms with E-state index < -0.39 is 0 Å². The van der Waals surface area contributed by atoms with Crippen LogP contribution in [0.5, 0.6) is 5.75 Å². The molecule has 2 N–H and O–H groups in total. The summed E-state index contributed by atoms with van der Waals surface area (Å²) in [6.45, 7) is 0. The van der Waals surface area contributed by atoms with Crippen LogP contribution in [0.1, 0.15) is 37.7 Å². The van der Waals surface area contributed by atoms with E-state index in [1.807, 2.05) is 18.2 Å². The van der Waals surface area contributed by atoms with Gasteiger partial charge in [0, 0.05) is 16.1 Å². The van der Waals surface area contributed by atoms with Gasteiger partial charge in [0.05, 0.1) is 7.11 Å². The van der Waals surface area contributed by atoms with E-state index in [0.29, 0.717) is 0 Å². The highest BCUT2D eigenvalue weighted by atomic mass is 35.5. The summed E-state index contributed by atoms with van der Waals surface area (Å²) in [6.07, 6.45) is 5.60. The van der Waals surface area contributed by atoms with Gasteiger partial charge < -0.3 is 10.5 Å². The summed E-state index contributed by atoms with van der Waals surface area (Å²) in [4.78, 5) is 0. The first-order valence-corrected chi connectivity index (χ1v) is 6.17. The molecule has 1 aromatic rings. The number of benzene rings is 1. The Kier molecular flexibility index (Phi) is 3.41. The Hall–Kier alpha value is -0.730. The van der Waals surface area contributed by atoms with Crippen LogP contribution in [0.2, 0.25) is 5.02 Å². The maximum Gasteiger partial charge on any atom is 0.125 e.